The minimum absolute atomic E-state index is 0.111. The van der Waals surface area contributed by atoms with Gasteiger partial charge in [-0.15, -0.1) is 0 Å². The maximum absolute atomic E-state index is 12.9. The zero-order valence-corrected chi connectivity index (χ0v) is 52.4. The van der Waals surface area contributed by atoms with Crippen LogP contribution in [0.5, 0.6) is 0 Å². The van der Waals surface area contributed by atoms with E-state index in [1.54, 1.807) is 0 Å². The van der Waals surface area contributed by atoms with Crippen molar-refractivity contribution in [3.05, 3.63) is 182 Å². The third-order valence-electron chi connectivity index (χ3n) is 13.1. The molecule has 0 aliphatic heterocycles. The minimum Gasteiger partial charge on any atom is -0.462 e. The van der Waals surface area contributed by atoms with Gasteiger partial charge in [0.2, 0.25) is 0 Å². The average molecular weight is 1130 g/mol. The van der Waals surface area contributed by atoms with Crippen LogP contribution in [-0.2, 0) is 28.6 Å². The summed E-state index contributed by atoms with van der Waals surface area (Å²) in [6, 6.07) is 0. The maximum Gasteiger partial charge on any atom is 0.306 e. The van der Waals surface area contributed by atoms with E-state index in [-0.39, 0.29) is 37.5 Å². The van der Waals surface area contributed by atoms with Crippen molar-refractivity contribution < 1.29 is 28.6 Å². The van der Waals surface area contributed by atoms with Gasteiger partial charge in [-0.25, -0.2) is 0 Å². The van der Waals surface area contributed by atoms with Crippen LogP contribution in [0.25, 0.3) is 0 Å². The molecule has 0 bridgehead atoms. The molecule has 0 heterocycles. The second-order valence-corrected chi connectivity index (χ2v) is 20.9. The van der Waals surface area contributed by atoms with Gasteiger partial charge in [-0.2, -0.15) is 0 Å². The molecule has 0 saturated heterocycles. The highest BCUT2D eigenvalue weighted by molar-refractivity contribution is 5.71. The van der Waals surface area contributed by atoms with Crippen molar-refractivity contribution in [2.75, 3.05) is 13.2 Å². The second kappa shape index (κ2) is 68.0. The van der Waals surface area contributed by atoms with Gasteiger partial charge in [0.1, 0.15) is 13.2 Å². The fourth-order valence-corrected chi connectivity index (χ4v) is 8.26. The highest BCUT2D eigenvalue weighted by atomic mass is 16.6. The van der Waals surface area contributed by atoms with Crippen molar-refractivity contribution in [3.63, 3.8) is 0 Å². The molecule has 0 rings (SSSR count). The van der Waals surface area contributed by atoms with Gasteiger partial charge in [0.15, 0.2) is 6.10 Å². The van der Waals surface area contributed by atoms with E-state index in [4.69, 9.17) is 14.2 Å². The topological polar surface area (TPSA) is 78.9 Å². The molecule has 0 radical (unpaired) electrons. The number of unbranched alkanes of at least 4 members (excludes halogenated alkanes) is 16. The van der Waals surface area contributed by atoms with E-state index in [9.17, 15) is 14.4 Å². The Labute approximate surface area is 504 Å². The molecule has 0 spiro atoms. The van der Waals surface area contributed by atoms with Crippen LogP contribution in [0.3, 0.4) is 0 Å². The highest BCUT2D eigenvalue weighted by Crippen LogP contribution is 2.13. The summed E-state index contributed by atoms with van der Waals surface area (Å²) in [6.07, 6.45) is 102. The molecular weight excluding hydrogens is 1010 g/mol. The number of allylic oxidation sites excluding steroid dienone is 30. The van der Waals surface area contributed by atoms with E-state index in [1.807, 2.05) is 0 Å². The van der Waals surface area contributed by atoms with Crippen molar-refractivity contribution in [3.8, 4) is 0 Å². The normalized spacial score (nSPS) is 13.4. The Morgan fingerprint density at radius 3 is 0.744 bits per heavy atom. The van der Waals surface area contributed by atoms with E-state index < -0.39 is 6.10 Å². The summed E-state index contributed by atoms with van der Waals surface area (Å²) in [5.74, 6) is -0.974. The summed E-state index contributed by atoms with van der Waals surface area (Å²) in [5.41, 5.74) is 0. The van der Waals surface area contributed by atoms with Gasteiger partial charge in [-0.1, -0.05) is 267 Å². The van der Waals surface area contributed by atoms with Crippen LogP contribution in [-0.4, -0.2) is 37.2 Å². The number of rotatable bonds is 57. The lowest BCUT2D eigenvalue weighted by Gasteiger charge is -2.18. The molecule has 0 saturated carbocycles. The number of hydrogen-bond acceptors (Lipinski definition) is 6. The van der Waals surface area contributed by atoms with Crippen LogP contribution in [0.1, 0.15) is 258 Å². The molecule has 0 aromatic carbocycles. The summed E-state index contributed by atoms with van der Waals surface area (Å²) in [4.78, 5) is 38.4. The molecule has 0 aliphatic rings. The predicted molar refractivity (Wildman–Crippen MR) is 357 cm³/mol. The van der Waals surface area contributed by atoms with E-state index in [0.29, 0.717) is 12.8 Å². The molecule has 0 aromatic heterocycles. The lowest BCUT2D eigenvalue weighted by Crippen LogP contribution is -2.30. The summed E-state index contributed by atoms with van der Waals surface area (Å²) < 4.78 is 16.9. The first-order chi connectivity index (χ1) is 40.5. The van der Waals surface area contributed by atoms with Crippen LogP contribution in [0, 0.1) is 0 Å². The van der Waals surface area contributed by atoms with Crippen molar-refractivity contribution >= 4 is 17.9 Å². The summed E-state index contributed by atoms with van der Waals surface area (Å²) in [5, 5.41) is 0. The highest BCUT2D eigenvalue weighted by Gasteiger charge is 2.19. The first-order valence-electron chi connectivity index (χ1n) is 32.8. The quantitative estimate of drug-likeness (QED) is 0.0261. The van der Waals surface area contributed by atoms with E-state index in [2.05, 4.69) is 203 Å². The van der Waals surface area contributed by atoms with E-state index >= 15 is 0 Å². The Kier molecular flexibility index (Phi) is 63.5. The zero-order chi connectivity index (χ0) is 59.2. The fraction of sp³-hybridized carbons (Fsp3) is 0.566. The molecule has 6 heteroatoms. The molecule has 0 amide bonds. The predicted octanol–water partition coefficient (Wildman–Crippen LogP) is 22.8. The first kappa shape index (κ1) is 76.5. The fourth-order valence-electron chi connectivity index (χ4n) is 8.26. The molecule has 0 N–H and O–H groups in total. The summed E-state index contributed by atoms with van der Waals surface area (Å²) in [6.45, 7) is 6.31. The van der Waals surface area contributed by atoms with E-state index in [0.717, 1.165) is 199 Å². The summed E-state index contributed by atoms with van der Waals surface area (Å²) in [7, 11) is 0. The Balaban J connectivity index is 4.48. The first-order valence-corrected chi connectivity index (χ1v) is 32.8. The smallest absolute Gasteiger partial charge is 0.306 e. The lowest BCUT2D eigenvalue weighted by molar-refractivity contribution is -0.167. The van der Waals surface area contributed by atoms with Gasteiger partial charge in [0.05, 0.1) is 0 Å². The van der Waals surface area contributed by atoms with Crippen LogP contribution < -0.4 is 0 Å². The Bertz CT molecular complexity index is 1920. The largest absolute Gasteiger partial charge is 0.462 e. The number of ether oxygens (including phenoxy) is 3. The van der Waals surface area contributed by atoms with Crippen molar-refractivity contribution in [1.82, 2.24) is 0 Å². The average Bonchev–Trinajstić information content (AvgIpc) is 3.47. The standard InChI is InChI=1S/C76H118O6/c1-4-7-10-13-16-19-22-25-28-30-32-34-35-36-37-38-39-40-41-43-44-46-48-51-54-57-60-63-66-69-75(78)81-72-73(71-80-74(77)68-65-62-59-56-53-50-27-24-21-18-15-12-9-6-3)82-76(79)70-67-64-61-58-55-52-49-47-45-42-33-31-29-26-23-20-17-14-11-8-5-2/h7-8,10-11,15-20,24-29,32-34,36-37,39-40,42-44,47-49,51,73H,4-6,9,12-14,21-23,30-31,35,38,41,45-46,50,52-72H2,1-3H3/b10-7-,11-8-,18-15-,19-16-,20-17-,27-24-,28-25-,29-26-,34-32-,37-36-,40-39-,42-33-,44-43-,49-47-,51-48-. The molecule has 82 heavy (non-hydrogen) atoms. The molecule has 6 nitrogen and oxygen atoms in total. The Morgan fingerprint density at radius 2 is 0.476 bits per heavy atom. The second-order valence-electron chi connectivity index (χ2n) is 20.9. The molecular formula is C76H118O6. The van der Waals surface area contributed by atoms with Crippen LogP contribution in [0.15, 0.2) is 182 Å². The van der Waals surface area contributed by atoms with Crippen molar-refractivity contribution in [1.29, 1.82) is 0 Å². The van der Waals surface area contributed by atoms with Gasteiger partial charge < -0.3 is 14.2 Å². The monoisotopic (exact) mass is 1130 g/mol. The number of esters is 3. The van der Waals surface area contributed by atoms with Gasteiger partial charge in [-0.3, -0.25) is 14.4 Å². The van der Waals surface area contributed by atoms with E-state index in [1.165, 1.54) is 19.3 Å². The van der Waals surface area contributed by atoms with Gasteiger partial charge >= 0.3 is 17.9 Å². The van der Waals surface area contributed by atoms with Gasteiger partial charge in [-0.05, 0) is 154 Å². The zero-order valence-electron chi connectivity index (χ0n) is 52.4. The number of carbonyl (C=O) groups excluding carboxylic acids is 3. The molecule has 0 aromatic rings. The number of carbonyl (C=O) groups is 3. The Hall–Kier alpha value is -5.49. The van der Waals surface area contributed by atoms with Crippen LogP contribution in [0.4, 0.5) is 0 Å². The van der Waals surface area contributed by atoms with Gasteiger partial charge in [0, 0.05) is 19.3 Å². The minimum atomic E-state index is -0.818. The molecule has 1 unspecified atom stereocenters. The third kappa shape index (κ3) is 65.3. The van der Waals surface area contributed by atoms with Crippen LogP contribution in [0.2, 0.25) is 0 Å². The SMILES string of the molecule is CC/C=C\C/C=C\C/C=C\C/C=C\C/C=C\C/C=C\C/C=C\C/C=C\CCCCCCC(=O)OCC(COC(=O)CCCCCCC/C=C\C/C=C\CCCC)OC(=O)CCCCCCC/C=C\C/C=C\C/C=C\C/C=C\C/C=C\CC. The van der Waals surface area contributed by atoms with Crippen molar-refractivity contribution in [2.45, 2.75) is 264 Å². The van der Waals surface area contributed by atoms with Gasteiger partial charge in [0.25, 0.3) is 0 Å². The Morgan fingerprint density at radius 1 is 0.256 bits per heavy atom. The van der Waals surface area contributed by atoms with Crippen molar-refractivity contribution in [2.24, 2.45) is 0 Å². The maximum atomic E-state index is 12.9. The number of hydrogen-bond donors (Lipinski definition) is 0. The molecule has 0 aliphatic carbocycles. The lowest BCUT2D eigenvalue weighted by atomic mass is 10.1. The molecule has 1 atom stereocenters. The summed E-state index contributed by atoms with van der Waals surface area (Å²) >= 11 is 0. The van der Waals surface area contributed by atoms with Crippen LogP contribution >= 0.6 is 0 Å². The third-order valence-corrected chi connectivity index (χ3v) is 13.1. The molecule has 458 valence electrons. The molecule has 0 fully saturated rings.